The normalized spacial score (nSPS) is 13.6. The number of carbonyl (C=O) groups excluding carboxylic acids is 2. The standard InChI is InChI=1S/C27H31N9O2S.ClH/c1-18(37)30-21-8-6-19(7-9-21)25-23(16-28)26(29)33-27(32-25)39-17-22-5-3-4-20(31-22)10-11-24(38)34-36-14-12-35(2)13-15-36;/h3-9H,10-15,17H2,1-2H3,(H,30,37)(H,34,38)(H2,29,32,33);1H. The number of aryl methyl sites for hydroxylation is 1. The molecule has 1 aromatic carbocycles. The number of nitrogens with one attached hydrogen (secondary N) is 2. The molecule has 1 aliphatic heterocycles. The largest absolute Gasteiger partial charge is 0.382 e. The van der Waals surface area contributed by atoms with Gasteiger partial charge in [0.05, 0.1) is 11.4 Å². The summed E-state index contributed by atoms with van der Waals surface area (Å²) in [6.45, 7) is 4.94. The highest BCUT2D eigenvalue weighted by molar-refractivity contribution is 7.98. The molecule has 1 fully saturated rings. The van der Waals surface area contributed by atoms with Crippen molar-refractivity contribution in [1.82, 2.24) is 30.3 Å². The molecule has 13 heteroatoms. The van der Waals surface area contributed by atoms with Crippen LogP contribution in [0.4, 0.5) is 11.5 Å². The van der Waals surface area contributed by atoms with Crippen LogP contribution in [-0.2, 0) is 21.8 Å². The summed E-state index contributed by atoms with van der Waals surface area (Å²) in [7, 11) is 2.08. The zero-order valence-corrected chi connectivity index (χ0v) is 24.0. The summed E-state index contributed by atoms with van der Waals surface area (Å²) < 4.78 is 0. The number of aromatic nitrogens is 3. The predicted octanol–water partition coefficient (Wildman–Crippen LogP) is 2.88. The lowest BCUT2D eigenvalue weighted by Gasteiger charge is -2.32. The molecule has 40 heavy (non-hydrogen) atoms. The third-order valence-electron chi connectivity index (χ3n) is 6.11. The first-order chi connectivity index (χ1) is 18.8. The second-order valence-corrected chi connectivity index (χ2v) is 10.2. The summed E-state index contributed by atoms with van der Waals surface area (Å²) >= 11 is 1.36. The van der Waals surface area contributed by atoms with Crippen molar-refractivity contribution in [3.8, 4) is 17.3 Å². The summed E-state index contributed by atoms with van der Waals surface area (Å²) in [6, 6.07) is 14.9. The minimum Gasteiger partial charge on any atom is -0.382 e. The van der Waals surface area contributed by atoms with E-state index in [4.69, 9.17) is 10.7 Å². The number of nitrogen functional groups attached to an aromatic ring is 1. The Morgan fingerprint density at radius 1 is 1.05 bits per heavy atom. The van der Waals surface area contributed by atoms with Crippen LogP contribution >= 0.6 is 24.2 Å². The second kappa shape index (κ2) is 14.6. The molecule has 0 spiro atoms. The Hall–Kier alpha value is -3.76. The number of amides is 2. The molecule has 1 aliphatic rings. The van der Waals surface area contributed by atoms with Crippen LogP contribution in [0.1, 0.15) is 30.3 Å². The fourth-order valence-corrected chi connectivity index (χ4v) is 4.79. The van der Waals surface area contributed by atoms with Crippen LogP contribution < -0.4 is 16.5 Å². The maximum atomic E-state index is 12.4. The summed E-state index contributed by atoms with van der Waals surface area (Å²) in [5, 5.41) is 14.7. The first-order valence-electron chi connectivity index (χ1n) is 12.6. The lowest BCUT2D eigenvalue weighted by molar-refractivity contribution is -0.126. The third-order valence-corrected chi connectivity index (χ3v) is 7.00. The molecule has 11 nitrogen and oxygen atoms in total. The highest BCUT2D eigenvalue weighted by Gasteiger charge is 2.17. The van der Waals surface area contributed by atoms with Gasteiger partial charge in [0.2, 0.25) is 11.8 Å². The number of pyridine rings is 1. The van der Waals surface area contributed by atoms with Crippen molar-refractivity contribution in [2.24, 2.45) is 0 Å². The Morgan fingerprint density at radius 3 is 2.42 bits per heavy atom. The number of nitriles is 1. The van der Waals surface area contributed by atoms with E-state index in [1.54, 1.807) is 24.3 Å². The van der Waals surface area contributed by atoms with Crippen molar-refractivity contribution in [1.29, 1.82) is 5.26 Å². The number of hydrazine groups is 1. The van der Waals surface area contributed by atoms with Gasteiger partial charge in [0, 0.05) is 62.2 Å². The van der Waals surface area contributed by atoms with E-state index < -0.39 is 0 Å². The summed E-state index contributed by atoms with van der Waals surface area (Å²) in [5.41, 5.74) is 12.7. The van der Waals surface area contributed by atoms with Gasteiger partial charge in [-0.25, -0.2) is 15.0 Å². The average Bonchev–Trinajstić information content (AvgIpc) is 2.92. The van der Waals surface area contributed by atoms with Crippen LogP contribution in [0.3, 0.4) is 0 Å². The van der Waals surface area contributed by atoms with Crippen molar-refractivity contribution in [2.75, 3.05) is 44.3 Å². The average molecular weight is 582 g/mol. The van der Waals surface area contributed by atoms with E-state index in [-0.39, 0.29) is 35.6 Å². The molecule has 0 bridgehead atoms. The minimum absolute atomic E-state index is 0. The number of hydrogen-bond acceptors (Lipinski definition) is 10. The number of anilines is 2. The van der Waals surface area contributed by atoms with Gasteiger partial charge in [-0.05, 0) is 37.7 Å². The van der Waals surface area contributed by atoms with Crippen LogP contribution in [0.2, 0.25) is 0 Å². The van der Waals surface area contributed by atoms with Crippen LogP contribution in [0.25, 0.3) is 11.3 Å². The fourth-order valence-electron chi connectivity index (χ4n) is 4.03. The van der Waals surface area contributed by atoms with Gasteiger partial charge < -0.3 is 16.0 Å². The topological polar surface area (TPSA) is 153 Å². The van der Waals surface area contributed by atoms with E-state index in [1.165, 1.54) is 18.7 Å². The number of likely N-dealkylation sites (N-methyl/N-ethyl adjacent to an activating group) is 1. The molecule has 4 rings (SSSR count). The van der Waals surface area contributed by atoms with E-state index in [0.717, 1.165) is 37.6 Å². The van der Waals surface area contributed by atoms with Gasteiger partial charge in [-0.1, -0.05) is 30.0 Å². The van der Waals surface area contributed by atoms with Crippen LogP contribution in [0.5, 0.6) is 0 Å². The zero-order chi connectivity index (χ0) is 27.8. The van der Waals surface area contributed by atoms with Crippen molar-refractivity contribution >= 4 is 47.5 Å². The Labute approximate surface area is 243 Å². The zero-order valence-electron chi connectivity index (χ0n) is 22.4. The Morgan fingerprint density at radius 2 is 1.75 bits per heavy atom. The smallest absolute Gasteiger partial charge is 0.234 e. The molecular formula is C27H32ClN9O2S. The monoisotopic (exact) mass is 581 g/mol. The number of carbonyl (C=O) groups is 2. The molecule has 3 aromatic rings. The van der Waals surface area contributed by atoms with Crippen molar-refractivity contribution in [2.45, 2.75) is 30.7 Å². The number of nitrogens with zero attached hydrogens (tertiary/aromatic N) is 6. The summed E-state index contributed by atoms with van der Waals surface area (Å²) in [4.78, 5) is 39.5. The molecule has 2 aromatic heterocycles. The van der Waals surface area contributed by atoms with Crippen molar-refractivity contribution in [3.05, 3.63) is 59.4 Å². The molecule has 1 saturated heterocycles. The number of halogens is 1. The SMILES string of the molecule is CC(=O)Nc1ccc(-c2nc(SCc3cccc(CCC(=O)NN4CCN(C)CC4)n3)nc(N)c2C#N)cc1.Cl. The minimum atomic E-state index is -0.169. The quantitative estimate of drug-likeness (QED) is 0.254. The van der Waals surface area contributed by atoms with Gasteiger partial charge in [0.15, 0.2) is 5.16 Å². The van der Waals surface area contributed by atoms with Gasteiger partial charge in [0.1, 0.15) is 17.5 Å². The second-order valence-electron chi connectivity index (χ2n) is 9.22. The van der Waals surface area contributed by atoms with Gasteiger partial charge in [-0.15, -0.1) is 12.4 Å². The van der Waals surface area contributed by atoms with Gasteiger partial charge in [0.25, 0.3) is 0 Å². The first kappa shape index (κ1) is 30.8. The lowest BCUT2D eigenvalue weighted by Crippen LogP contribution is -2.52. The van der Waals surface area contributed by atoms with Gasteiger partial charge >= 0.3 is 0 Å². The predicted molar refractivity (Wildman–Crippen MR) is 157 cm³/mol. The van der Waals surface area contributed by atoms with E-state index in [0.29, 0.717) is 40.7 Å². The highest BCUT2D eigenvalue weighted by atomic mass is 35.5. The molecule has 0 unspecified atom stereocenters. The maximum Gasteiger partial charge on any atom is 0.234 e. The molecule has 0 atom stereocenters. The Bertz CT molecular complexity index is 1370. The summed E-state index contributed by atoms with van der Waals surface area (Å²) in [6.07, 6.45) is 0.895. The maximum absolute atomic E-state index is 12.4. The molecule has 4 N–H and O–H groups in total. The van der Waals surface area contributed by atoms with E-state index in [9.17, 15) is 14.9 Å². The summed E-state index contributed by atoms with van der Waals surface area (Å²) in [5.74, 6) is 0.411. The molecular weight excluding hydrogens is 550 g/mol. The molecule has 0 radical (unpaired) electrons. The van der Waals surface area contributed by atoms with Crippen LogP contribution in [0, 0.1) is 11.3 Å². The number of benzene rings is 1. The Balaban J connectivity index is 0.00000441. The van der Waals surface area contributed by atoms with Crippen molar-refractivity contribution < 1.29 is 9.59 Å². The van der Waals surface area contributed by atoms with E-state index in [1.807, 2.05) is 23.2 Å². The molecule has 210 valence electrons. The van der Waals surface area contributed by atoms with Crippen molar-refractivity contribution in [3.63, 3.8) is 0 Å². The van der Waals surface area contributed by atoms with E-state index in [2.05, 4.69) is 38.7 Å². The molecule has 0 aliphatic carbocycles. The number of nitrogens with two attached hydrogens (primary N) is 1. The van der Waals surface area contributed by atoms with Crippen LogP contribution in [-0.4, -0.2) is 69.9 Å². The van der Waals surface area contributed by atoms with Gasteiger partial charge in [-0.2, -0.15) is 5.26 Å². The third kappa shape index (κ3) is 8.62. The number of thioether (sulfide) groups is 1. The Kier molecular flexibility index (Phi) is 11.2. The number of hydrogen-bond donors (Lipinski definition) is 3. The fraction of sp³-hybridized carbons (Fsp3) is 0.333. The molecule has 0 saturated carbocycles. The van der Waals surface area contributed by atoms with Crippen LogP contribution in [0.15, 0.2) is 47.6 Å². The number of rotatable bonds is 9. The van der Waals surface area contributed by atoms with E-state index >= 15 is 0 Å². The lowest BCUT2D eigenvalue weighted by atomic mass is 10.1. The highest BCUT2D eigenvalue weighted by Crippen LogP contribution is 2.29. The first-order valence-corrected chi connectivity index (χ1v) is 13.6. The van der Waals surface area contributed by atoms with Gasteiger partial charge in [-0.3, -0.25) is 20.0 Å². The molecule has 2 amide bonds. The number of piperazine rings is 1. The molecule has 3 heterocycles.